The van der Waals surface area contributed by atoms with Crippen LogP contribution in [0.3, 0.4) is 0 Å². The zero-order valence-corrected chi connectivity index (χ0v) is 12.2. The summed E-state index contributed by atoms with van der Waals surface area (Å²) in [5, 5.41) is 1.93. The van der Waals surface area contributed by atoms with Crippen LogP contribution in [0.2, 0.25) is 15.1 Å². The van der Waals surface area contributed by atoms with Crippen molar-refractivity contribution < 1.29 is 0 Å². The quantitative estimate of drug-likeness (QED) is 0.668. The summed E-state index contributed by atoms with van der Waals surface area (Å²) in [7, 11) is 0. The monoisotopic (exact) mass is 297 g/mol. The van der Waals surface area contributed by atoms with Crippen LogP contribution < -0.4 is 0 Å². The van der Waals surface area contributed by atoms with E-state index in [0.29, 0.717) is 10.0 Å². The molecule has 1 radical (unpaired) electrons. The fourth-order valence-electron chi connectivity index (χ4n) is 1.79. The Labute approximate surface area is 122 Å². The Bertz CT molecular complexity index is 532. The minimum absolute atomic E-state index is 0.588. The van der Waals surface area contributed by atoms with Crippen molar-refractivity contribution in [3.8, 4) is 0 Å². The van der Waals surface area contributed by atoms with E-state index in [4.69, 9.17) is 34.8 Å². The first-order valence-corrected chi connectivity index (χ1v) is 6.72. The highest BCUT2D eigenvalue weighted by molar-refractivity contribution is 6.42. The van der Waals surface area contributed by atoms with Gasteiger partial charge in [0.2, 0.25) is 0 Å². The van der Waals surface area contributed by atoms with E-state index < -0.39 is 0 Å². The van der Waals surface area contributed by atoms with Crippen LogP contribution in [0.1, 0.15) is 18.1 Å². The van der Waals surface area contributed by atoms with Gasteiger partial charge in [-0.25, -0.2) is 0 Å². The lowest BCUT2D eigenvalue weighted by Gasteiger charge is -2.12. The van der Waals surface area contributed by atoms with Gasteiger partial charge in [0, 0.05) is 10.9 Å². The second kappa shape index (κ2) is 5.97. The van der Waals surface area contributed by atoms with Crippen LogP contribution in [0.15, 0.2) is 42.5 Å². The lowest BCUT2D eigenvalue weighted by atomic mass is 9.94. The van der Waals surface area contributed by atoms with Gasteiger partial charge in [-0.1, -0.05) is 59.9 Å². The Morgan fingerprint density at radius 2 is 1.56 bits per heavy atom. The predicted octanol–water partition coefficient (Wildman–Crippen LogP) is 5.83. The van der Waals surface area contributed by atoms with E-state index in [0.717, 1.165) is 17.0 Å². The molecule has 18 heavy (non-hydrogen) atoms. The maximum absolute atomic E-state index is 6.01. The van der Waals surface area contributed by atoms with E-state index in [-0.39, 0.29) is 0 Å². The van der Waals surface area contributed by atoms with Gasteiger partial charge in [0.1, 0.15) is 0 Å². The normalized spacial score (nSPS) is 10.9. The van der Waals surface area contributed by atoms with Gasteiger partial charge >= 0.3 is 0 Å². The predicted molar refractivity (Wildman–Crippen MR) is 79.6 cm³/mol. The van der Waals surface area contributed by atoms with Gasteiger partial charge < -0.3 is 0 Å². The Morgan fingerprint density at radius 3 is 2.17 bits per heavy atom. The lowest BCUT2D eigenvalue weighted by molar-refractivity contribution is 0.993. The number of halogens is 3. The number of hydrogen-bond donors (Lipinski definition) is 0. The number of benzene rings is 2. The average molecular weight is 299 g/mol. The van der Waals surface area contributed by atoms with Crippen LogP contribution in [0.25, 0.3) is 0 Å². The van der Waals surface area contributed by atoms with E-state index in [1.807, 2.05) is 42.5 Å². The van der Waals surface area contributed by atoms with Crippen LogP contribution in [-0.4, -0.2) is 0 Å². The van der Waals surface area contributed by atoms with Crippen molar-refractivity contribution in [2.75, 3.05) is 0 Å². The van der Waals surface area contributed by atoms with Crippen LogP contribution >= 0.6 is 34.8 Å². The maximum atomic E-state index is 6.01. The van der Waals surface area contributed by atoms with Crippen LogP contribution in [0.5, 0.6) is 0 Å². The molecular weight excluding hydrogens is 287 g/mol. The molecule has 0 amide bonds. The molecule has 0 aliphatic heterocycles. The summed E-state index contributed by atoms with van der Waals surface area (Å²) < 4.78 is 0. The molecule has 0 spiro atoms. The summed E-state index contributed by atoms with van der Waals surface area (Å²) in [6.45, 7) is 2.10. The van der Waals surface area contributed by atoms with Gasteiger partial charge in [-0.3, -0.25) is 0 Å². The average Bonchev–Trinajstić information content (AvgIpc) is 2.34. The Balaban J connectivity index is 2.13. The number of rotatable bonds is 3. The molecule has 0 fully saturated rings. The smallest absolute Gasteiger partial charge is 0.0595 e. The lowest BCUT2D eigenvalue weighted by Crippen LogP contribution is -1.99. The van der Waals surface area contributed by atoms with Gasteiger partial charge in [-0.05, 0) is 41.8 Å². The molecule has 0 saturated heterocycles. The van der Waals surface area contributed by atoms with Crippen LogP contribution in [-0.2, 0) is 6.42 Å². The molecule has 0 N–H and O–H groups in total. The van der Waals surface area contributed by atoms with Crippen molar-refractivity contribution in [1.29, 1.82) is 0 Å². The molecule has 2 aromatic rings. The molecule has 0 aromatic heterocycles. The molecule has 3 heteroatoms. The van der Waals surface area contributed by atoms with E-state index in [9.17, 15) is 0 Å². The second-order valence-electron chi connectivity index (χ2n) is 4.21. The highest BCUT2D eigenvalue weighted by Crippen LogP contribution is 2.26. The van der Waals surface area contributed by atoms with Crippen molar-refractivity contribution in [1.82, 2.24) is 0 Å². The van der Waals surface area contributed by atoms with E-state index in [1.165, 1.54) is 11.5 Å². The maximum Gasteiger partial charge on any atom is 0.0595 e. The molecule has 2 aromatic carbocycles. The third-order valence-corrected chi connectivity index (χ3v) is 3.78. The summed E-state index contributed by atoms with van der Waals surface area (Å²) in [4.78, 5) is 0. The Morgan fingerprint density at radius 1 is 0.889 bits per heavy atom. The van der Waals surface area contributed by atoms with Gasteiger partial charge in [0.05, 0.1) is 10.0 Å². The summed E-state index contributed by atoms with van der Waals surface area (Å²) in [6.07, 6.45) is 0.846. The van der Waals surface area contributed by atoms with Gasteiger partial charge in [0.15, 0.2) is 0 Å². The summed E-state index contributed by atoms with van der Waals surface area (Å²) in [5.41, 5.74) is 2.34. The first kappa shape index (κ1) is 13.7. The van der Waals surface area contributed by atoms with Crippen molar-refractivity contribution in [2.24, 2.45) is 0 Å². The largest absolute Gasteiger partial charge is 0.0843 e. The molecule has 0 aliphatic carbocycles. The molecular formula is C15H12Cl3. The van der Waals surface area contributed by atoms with E-state index in [2.05, 4.69) is 6.92 Å². The fraction of sp³-hybridized carbons (Fsp3) is 0.133. The molecule has 0 aliphatic rings. The van der Waals surface area contributed by atoms with Crippen LogP contribution in [0, 0.1) is 5.92 Å². The molecule has 2 rings (SSSR count). The van der Waals surface area contributed by atoms with Crippen LogP contribution in [0.4, 0.5) is 0 Å². The van der Waals surface area contributed by atoms with Crippen molar-refractivity contribution in [3.63, 3.8) is 0 Å². The molecule has 0 bridgehead atoms. The molecule has 93 valence electrons. The minimum atomic E-state index is 0.588. The van der Waals surface area contributed by atoms with Gasteiger partial charge in [0.25, 0.3) is 0 Å². The minimum Gasteiger partial charge on any atom is -0.0843 e. The summed E-state index contributed by atoms with van der Waals surface area (Å²) in [6, 6.07) is 13.6. The highest BCUT2D eigenvalue weighted by Gasteiger charge is 2.08. The molecule has 0 saturated carbocycles. The van der Waals surface area contributed by atoms with Gasteiger partial charge in [-0.15, -0.1) is 0 Å². The first-order valence-electron chi connectivity index (χ1n) is 5.58. The standard InChI is InChI=1S/C15H12Cl3/c1-10(12-3-5-13(16)6-4-12)8-11-2-7-14(17)15(18)9-11/h2-7,9H,8H2,1H3. The SMILES string of the molecule is C[C](Cc1ccc(Cl)c(Cl)c1)c1ccc(Cl)cc1. The second-order valence-corrected chi connectivity index (χ2v) is 5.46. The van der Waals surface area contributed by atoms with Gasteiger partial charge in [-0.2, -0.15) is 0 Å². The highest BCUT2D eigenvalue weighted by atomic mass is 35.5. The molecule has 0 unspecified atom stereocenters. The van der Waals surface area contributed by atoms with Crippen molar-refractivity contribution in [2.45, 2.75) is 13.3 Å². The molecule has 0 atom stereocenters. The zero-order valence-electron chi connectivity index (χ0n) is 9.88. The van der Waals surface area contributed by atoms with Crippen molar-refractivity contribution in [3.05, 3.63) is 74.6 Å². The Hall–Kier alpha value is -0.690. The van der Waals surface area contributed by atoms with E-state index in [1.54, 1.807) is 0 Å². The topological polar surface area (TPSA) is 0 Å². The molecule has 0 nitrogen and oxygen atoms in total. The van der Waals surface area contributed by atoms with E-state index >= 15 is 0 Å². The first-order chi connectivity index (χ1) is 8.56. The third kappa shape index (κ3) is 3.41. The van der Waals surface area contributed by atoms with Crippen molar-refractivity contribution >= 4 is 34.8 Å². The number of hydrogen-bond acceptors (Lipinski definition) is 0. The summed E-state index contributed by atoms with van der Waals surface area (Å²) >= 11 is 17.8. The molecule has 0 heterocycles. The zero-order chi connectivity index (χ0) is 13.1. The summed E-state index contributed by atoms with van der Waals surface area (Å²) in [5.74, 6) is 1.27. The Kier molecular flexibility index (Phi) is 4.55. The third-order valence-electron chi connectivity index (χ3n) is 2.79. The fourth-order valence-corrected chi connectivity index (χ4v) is 2.24.